The second-order valence-corrected chi connectivity index (χ2v) is 7.83. The SMILES string of the molecule is O=C(Nc1sc2c(c1C(=O)Nc1ccccc1)CCC2)c1ccccc1Cl. The third kappa shape index (κ3) is 3.61. The average molecular weight is 397 g/mol. The molecule has 1 aliphatic carbocycles. The van der Waals surface area contributed by atoms with E-state index in [1.165, 1.54) is 16.2 Å². The number of benzene rings is 2. The minimum atomic E-state index is -0.311. The summed E-state index contributed by atoms with van der Waals surface area (Å²) in [5, 5.41) is 6.79. The molecule has 0 saturated carbocycles. The molecule has 0 atom stereocenters. The summed E-state index contributed by atoms with van der Waals surface area (Å²) in [5.74, 6) is -0.510. The van der Waals surface area contributed by atoms with E-state index in [1.54, 1.807) is 24.3 Å². The Kier molecular flexibility index (Phi) is 4.97. The molecular formula is C21H17ClN2O2S. The normalized spacial score (nSPS) is 12.5. The molecule has 136 valence electrons. The van der Waals surface area contributed by atoms with Crippen molar-refractivity contribution in [1.82, 2.24) is 0 Å². The number of fused-ring (bicyclic) bond motifs is 1. The fraction of sp³-hybridized carbons (Fsp3) is 0.143. The van der Waals surface area contributed by atoms with Crippen LogP contribution in [0.5, 0.6) is 0 Å². The lowest BCUT2D eigenvalue weighted by atomic mass is 10.1. The summed E-state index contributed by atoms with van der Waals surface area (Å²) in [5.41, 5.74) is 2.73. The lowest BCUT2D eigenvalue weighted by Gasteiger charge is -2.10. The van der Waals surface area contributed by atoms with Gasteiger partial charge >= 0.3 is 0 Å². The molecule has 4 nitrogen and oxygen atoms in total. The van der Waals surface area contributed by atoms with Crippen LogP contribution in [0, 0.1) is 0 Å². The van der Waals surface area contributed by atoms with Crippen LogP contribution >= 0.6 is 22.9 Å². The molecule has 0 aliphatic heterocycles. The number of nitrogens with one attached hydrogen (secondary N) is 2. The summed E-state index contributed by atoms with van der Waals surface area (Å²) in [7, 11) is 0. The van der Waals surface area contributed by atoms with E-state index in [9.17, 15) is 9.59 Å². The predicted octanol–water partition coefficient (Wildman–Crippen LogP) is 5.39. The summed E-state index contributed by atoms with van der Waals surface area (Å²) in [6.45, 7) is 0. The van der Waals surface area contributed by atoms with Gasteiger partial charge < -0.3 is 10.6 Å². The molecule has 1 aliphatic rings. The number of halogens is 1. The summed E-state index contributed by atoms with van der Waals surface area (Å²) in [6.07, 6.45) is 2.82. The second kappa shape index (κ2) is 7.55. The highest BCUT2D eigenvalue weighted by Crippen LogP contribution is 2.39. The summed E-state index contributed by atoms with van der Waals surface area (Å²) in [6, 6.07) is 16.2. The van der Waals surface area contributed by atoms with Gasteiger partial charge in [-0.1, -0.05) is 41.9 Å². The van der Waals surface area contributed by atoms with Gasteiger partial charge in [0.25, 0.3) is 11.8 Å². The molecule has 2 N–H and O–H groups in total. The Morgan fingerprint density at radius 1 is 0.889 bits per heavy atom. The Bertz CT molecular complexity index is 1010. The third-order valence-electron chi connectivity index (χ3n) is 4.53. The highest BCUT2D eigenvalue weighted by atomic mass is 35.5. The number of aryl methyl sites for hydroxylation is 1. The smallest absolute Gasteiger partial charge is 0.258 e. The quantitative estimate of drug-likeness (QED) is 0.620. The summed E-state index contributed by atoms with van der Waals surface area (Å²) >= 11 is 7.61. The van der Waals surface area contributed by atoms with Crippen molar-refractivity contribution in [1.29, 1.82) is 0 Å². The zero-order valence-corrected chi connectivity index (χ0v) is 16.0. The second-order valence-electron chi connectivity index (χ2n) is 6.32. The van der Waals surface area contributed by atoms with Crippen LogP contribution < -0.4 is 10.6 Å². The molecule has 0 saturated heterocycles. The molecule has 0 fully saturated rings. The molecular weight excluding hydrogens is 380 g/mol. The number of carbonyl (C=O) groups excluding carboxylic acids is 2. The van der Waals surface area contributed by atoms with E-state index in [0.29, 0.717) is 21.2 Å². The molecule has 2 amide bonds. The highest BCUT2D eigenvalue weighted by molar-refractivity contribution is 7.17. The van der Waals surface area contributed by atoms with Gasteiger partial charge in [-0.05, 0) is 49.1 Å². The van der Waals surface area contributed by atoms with Crippen molar-refractivity contribution in [3.8, 4) is 0 Å². The van der Waals surface area contributed by atoms with Gasteiger partial charge in [0.05, 0.1) is 16.1 Å². The Labute approximate surface area is 166 Å². The molecule has 0 bridgehead atoms. The fourth-order valence-corrected chi connectivity index (χ4v) is 4.77. The molecule has 2 aromatic carbocycles. The summed E-state index contributed by atoms with van der Waals surface area (Å²) in [4.78, 5) is 26.8. The van der Waals surface area contributed by atoms with Gasteiger partial charge in [-0.25, -0.2) is 0 Å². The molecule has 0 spiro atoms. The maximum atomic E-state index is 13.0. The van der Waals surface area contributed by atoms with Crippen LogP contribution in [0.2, 0.25) is 5.02 Å². The standard InChI is InChI=1S/C21H17ClN2O2S/c22-16-11-5-4-9-14(16)19(25)24-21-18(15-10-6-12-17(15)27-21)20(26)23-13-7-2-1-3-8-13/h1-5,7-9,11H,6,10,12H2,(H,23,26)(H,24,25). The van der Waals surface area contributed by atoms with Gasteiger partial charge in [-0.3, -0.25) is 9.59 Å². The number of carbonyl (C=O) groups is 2. The van der Waals surface area contributed by atoms with Crippen LogP contribution in [0.4, 0.5) is 10.7 Å². The van der Waals surface area contributed by atoms with E-state index in [-0.39, 0.29) is 11.8 Å². The number of hydrogen-bond acceptors (Lipinski definition) is 3. The molecule has 0 unspecified atom stereocenters. The fourth-order valence-electron chi connectivity index (χ4n) is 3.26. The first-order valence-corrected chi connectivity index (χ1v) is 9.90. The van der Waals surface area contributed by atoms with E-state index >= 15 is 0 Å². The molecule has 6 heteroatoms. The minimum Gasteiger partial charge on any atom is -0.322 e. The van der Waals surface area contributed by atoms with Gasteiger partial charge in [0, 0.05) is 10.6 Å². The van der Waals surface area contributed by atoms with Crippen LogP contribution in [0.1, 0.15) is 37.6 Å². The number of para-hydroxylation sites is 1. The van der Waals surface area contributed by atoms with Crippen molar-refractivity contribution in [2.24, 2.45) is 0 Å². The largest absolute Gasteiger partial charge is 0.322 e. The summed E-state index contributed by atoms with van der Waals surface area (Å²) < 4.78 is 0. The molecule has 0 radical (unpaired) electrons. The maximum Gasteiger partial charge on any atom is 0.258 e. The molecule has 1 aromatic heterocycles. The van der Waals surface area contributed by atoms with Crippen molar-refractivity contribution < 1.29 is 9.59 Å². The topological polar surface area (TPSA) is 58.2 Å². The van der Waals surface area contributed by atoms with Crippen LogP contribution in [0.15, 0.2) is 54.6 Å². The minimum absolute atomic E-state index is 0.199. The lowest BCUT2D eigenvalue weighted by molar-refractivity contribution is 0.102. The number of anilines is 2. The maximum absolute atomic E-state index is 13.0. The molecule has 4 rings (SSSR count). The van der Waals surface area contributed by atoms with Crippen LogP contribution in [-0.2, 0) is 12.8 Å². The van der Waals surface area contributed by atoms with Gasteiger partial charge in [-0.15, -0.1) is 11.3 Å². The first-order valence-electron chi connectivity index (χ1n) is 8.70. The van der Waals surface area contributed by atoms with Crippen LogP contribution in [-0.4, -0.2) is 11.8 Å². The van der Waals surface area contributed by atoms with Gasteiger partial charge in [0.15, 0.2) is 0 Å². The first kappa shape index (κ1) is 17.8. The Hall–Kier alpha value is -2.63. The zero-order chi connectivity index (χ0) is 18.8. The molecule has 3 aromatic rings. The molecule has 27 heavy (non-hydrogen) atoms. The zero-order valence-electron chi connectivity index (χ0n) is 14.4. The number of hydrogen-bond donors (Lipinski definition) is 2. The predicted molar refractivity (Wildman–Crippen MR) is 110 cm³/mol. The van der Waals surface area contributed by atoms with Gasteiger partial charge in [0.2, 0.25) is 0 Å². The Morgan fingerprint density at radius 3 is 2.41 bits per heavy atom. The van der Waals surface area contributed by atoms with E-state index in [2.05, 4.69) is 10.6 Å². The highest BCUT2D eigenvalue weighted by Gasteiger charge is 2.28. The van der Waals surface area contributed by atoms with Crippen molar-refractivity contribution in [3.63, 3.8) is 0 Å². The van der Waals surface area contributed by atoms with Crippen LogP contribution in [0.25, 0.3) is 0 Å². The van der Waals surface area contributed by atoms with E-state index in [0.717, 1.165) is 30.5 Å². The van der Waals surface area contributed by atoms with Crippen molar-refractivity contribution in [3.05, 3.63) is 81.2 Å². The monoisotopic (exact) mass is 396 g/mol. The number of rotatable bonds is 4. The average Bonchev–Trinajstić information content (AvgIpc) is 3.23. The van der Waals surface area contributed by atoms with E-state index in [1.807, 2.05) is 30.3 Å². The number of amides is 2. The lowest BCUT2D eigenvalue weighted by Crippen LogP contribution is -2.18. The van der Waals surface area contributed by atoms with E-state index < -0.39 is 0 Å². The number of thiophene rings is 1. The van der Waals surface area contributed by atoms with Crippen molar-refractivity contribution in [2.45, 2.75) is 19.3 Å². The van der Waals surface area contributed by atoms with Gasteiger partial charge in [0.1, 0.15) is 5.00 Å². The van der Waals surface area contributed by atoms with Gasteiger partial charge in [-0.2, -0.15) is 0 Å². The van der Waals surface area contributed by atoms with Crippen molar-refractivity contribution >= 4 is 45.4 Å². The Morgan fingerprint density at radius 2 is 1.63 bits per heavy atom. The molecule has 1 heterocycles. The van der Waals surface area contributed by atoms with E-state index in [4.69, 9.17) is 11.6 Å². The van der Waals surface area contributed by atoms with Crippen LogP contribution in [0.3, 0.4) is 0 Å². The van der Waals surface area contributed by atoms with Crippen molar-refractivity contribution in [2.75, 3.05) is 10.6 Å². The first-order chi connectivity index (χ1) is 13.1. The third-order valence-corrected chi connectivity index (χ3v) is 6.06. The Balaban J connectivity index is 1.65.